The van der Waals surface area contributed by atoms with Crippen molar-refractivity contribution in [3.63, 3.8) is 0 Å². The molecule has 1 unspecified atom stereocenters. The summed E-state index contributed by atoms with van der Waals surface area (Å²) in [4.78, 5) is 31.8. The third kappa shape index (κ3) is 6.00. The maximum absolute atomic E-state index is 13.7. The van der Waals surface area contributed by atoms with Crippen LogP contribution >= 0.6 is 34.5 Å². The summed E-state index contributed by atoms with van der Waals surface area (Å²) in [7, 11) is 0. The molecule has 0 aliphatic carbocycles. The van der Waals surface area contributed by atoms with Gasteiger partial charge >= 0.3 is 5.97 Å². The van der Waals surface area contributed by atoms with Crippen molar-refractivity contribution in [2.45, 2.75) is 46.1 Å². The van der Waals surface area contributed by atoms with Gasteiger partial charge in [0.2, 0.25) is 0 Å². The summed E-state index contributed by atoms with van der Waals surface area (Å²) >= 11 is 13.6. The van der Waals surface area contributed by atoms with Crippen LogP contribution in [-0.4, -0.2) is 23.8 Å². The number of hydrogen-bond acceptors (Lipinski definition) is 6. The molecule has 0 spiro atoms. The Bertz CT molecular complexity index is 1510. The van der Waals surface area contributed by atoms with Gasteiger partial charge in [-0.25, -0.2) is 9.79 Å². The number of fused-ring (bicyclic) bond motifs is 1. The highest BCUT2D eigenvalue weighted by atomic mass is 35.5. The zero-order chi connectivity index (χ0) is 26.5. The lowest BCUT2D eigenvalue weighted by molar-refractivity contribution is -0.139. The zero-order valence-corrected chi connectivity index (χ0v) is 23.3. The fraction of sp³-hybridized carbons (Fsp3) is 0.321. The van der Waals surface area contributed by atoms with Crippen molar-refractivity contribution < 1.29 is 14.3 Å². The van der Waals surface area contributed by atoms with Gasteiger partial charge in [-0.15, -0.1) is 0 Å². The Morgan fingerprint density at radius 3 is 2.57 bits per heavy atom. The van der Waals surface area contributed by atoms with Gasteiger partial charge in [0.15, 0.2) is 4.80 Å². The van der Waals surface area contributed by atoms with Crippen LogP contribution < -0.4 is 19.6 Å². The largest absolute Gasteiger partial charge is 0.494 e. The first-order valence-corrected chi connectivity index (χ1v) is 13.8. The molecule has 0 radical (unpaired) electrons. The molecule has 0 fully saturated rings. The van der Waals surface area contributed by atoms with Gasteiger partial charge in [0.25, 0.3) is 5.56 Å². The molecule has 194 valence electrons. The molecule has 9 heteroatoms. The number of unbranched alkanes of at least 4 members (excludes halogenated alkanes) is 2. The first kappa shape index (κ1) is 27.2. The van der Waals surface area contributed by atoms with Gasteiger partial charge in [-0.2, -0.15) is 0 Å². The lowest BCUT2D eigenvalue weighted by atomic mass is 9.96. The Hall–Kier alpha value is -2.87. The van der Waals surface area contributed by atoms with E-state index in [-0.39, 0.29) is 12.2 Å². The van der Waals surface area contributed by atoms with E-state index in [0.29, 0.717) is 42.8 Å². The average Bonchev–Trinajstić information content (AvgIpc) is 3.17. The molecule has 37 heavy (non-hydrogen) atoms. The lowest BCUT2D eigenvalue weighted by Crippen LogP contribution is -2.39. The number of carbonyl (C=O) groups excluding carboxylic acids is 1. The van der Waals surface area contributed by atoms with E-state index >= 15 is 0 Å². The molecule has 0 N–H and O–H groups in total. The number of hydrogen-bond donors (Lipinski definition) is 0. The van der Waals surface area contributed by atoms with Crippen LogP contribution in [0.25, 0.3) is 6.08 Å². The zero-order valence-electron chi connectivity index (χ0n) is 20.9. The number of ether oxygens (including phenoxy) is 2. The van der Waals surface area contributed by atoms with E-state index in [1.54, 1.807) is 42.7 Å². The Morgan fingerprint density at radius 1 is 1.14 bits per heavy atom. The smallest absolute Gasteiger partial charge is 0.338 e. The van der Waals surface area contributed by atoms with Crippen molar-refractivity contribution in [2.75, 3.05) is 13.2 Å². The predicted octanol–water partition coefficient (Wildman–Crippen LogP) is 5.67. The summed E-state index contributed by atoms with van der Waals surface area (Å²) in [5, 5.41) is 0.948. The molecular weight excluding hydrogens is 531 g/mol. The van der Waals surface area contributed by atoms with E-state index < -0.39 is 12.0 Å². The third-order valence-corrected chi connectivity index (χ3v) is 7.52. The van der Waals surface area contributed by atoms with Crippen molar-refractivity contribution in [3.8, 4) is 5.75 Å². The maximum atomic E-state index is 13.7. The Labute approximate surface area is 229 Å². The van der Waals surface area contributed by atoms with Gasteiger partial charge in [0.1, 0.15) is 5.75 Å². The summed E-state index contributed by atoms with van der Waals surface area (Å²) in [5.41, 5.74) is 2.01. The number of esters is 1. The van der Waals surface area contributed by atoms with Crippen molar-refractivity contribution in [1.29, 1.82) is 0 Å². The molecule has 3 aromatic rings. The molecule has 6 nitrogen and oxygen atoms in total. The fourth-order valence-corrected chi connectivity index (χ4v) is 5.66. The Balaban J connectivity index is 1.81. The van der Waals surface area contributed by atoms with Gasteiger partial charge in [-0.1, -0.05) is 72.5 Å². The van der Waals surface area contributed by atoms with Crippen LogP contribution in [0.15, 0.2) is 63.5 Å². The second-order valence-electron chi connectivity index (χ2n) is 8.59. The van der Waals surface area contributed by atoms with Crippen molar-refractivity contribution >= 4 is 46.6 Å². The van der Waals surface area contributed by atoms with Crippen LogP contribution in [0.4, 0.5) is 0 Å². The minimum absolute atomic E-state index is 0.215. The molecule has 2 heterocycles. The van der Waals surface area contributed by atoms with Crippen molar-refractivity contribution in [3.05, 3.63) is 94.6 Å². The minimum atomic E-state index is -0.688. The molecule has 0 amide bonds. The topological polar surface area (TPSA) is 69.9 Å². The number of rotatable bonds is 9. The maximum Gasteiger partial charge on any atom is 0.338 e. The summed E-state index contributed by atoms with van der Waals surface area (Å²) in [5.74, 6) is 0.242. The number of benzene rings is 2. The van der Waals surface area contributed by atoms with Gasteiger partial charge in [-0.3, -0.25) is 9.36 Å². The number of nitrogens with zero attached hydrogens (tertiary/aromatic N) is 2. The second-order valence-corrected chi connectivity index (χ2v) is 10.4. The number of halogens is 2. The first-order valence-electron chi connectivity index (χ1n) is 12.2. The molecule has 1 aliphatic heterocycles. The van der Waals surface area contributed by atoms with Gasteiger partial charge in [0, 0.05) is 10.0 Å². The Kier molecular flexibility index (Phi) is 8.90. The molecule has 0 saturated carbocycles. The summed E-state index contributed by atoms with van der Waals surface area (Å²) in [6.45, 7) is 6.52. The highest BCUT2D eigenvalue weighted by Crippen LogP contribution is 2.31. The molecule has 4 rings (SSSR count). The van der Waals surface area contributed by atoms with Crippen LogP contribution in [0.3, 0.4) is 0 Å². The van der Waals surface area contributed by atoms with Gasteiger partial charge < -0.3 is 9.47 Å². The molecule has 0 bridgehead atoms. The fourth-order valence-electron chi connectivity index (χ4n) is 4.16. The standard InChI is InChI=1S/C28H28Cl2N2O4S/c1-4-6-7-14-36-21-12-9-18(10-13-21)25-24(27(34)35-5-2)17(3)31-28-32(25)26(33)23(37-28)15-19-8-11-20(29)16-22(19)30/h8-13,15-16,25H,4-7,14H2,1-3H3. The SMILES string of the molecule is CCCCCOc1ccc(C2C(C(=O)OCC)=C(C)N=c3sc(=Cc4ccc(Cl)cc4Cl)c(=O)n32)cc1. The summed E-state index contributed by atoms with van der Waals surface area (Å²) < 4.78 is 13.2. The second kappa shape index (κ2) is 12.1. The van der Waals surface area contributed by atoms with Crippen LogP contribution in [0.5, 0.6) is 5.75 Å². The Morgan fingerprint density at radius 2 is 1.89 bits per heavy atom. The quantitative estimate of drug-likeness (QED) is 0.250. The molecule has 0 saturated heterocycles. The van der Waals surface area contributed by atoms with Crippen LogP contribution in [0.1, 0.15) is 57.2 Å². The minimum Gasteiger partial charge on any atom is -0.494 e. The van der Waals surface area contributed by atoms with Crippen LogP contribution in [0.2, 0.25) is 10.0 Å². The normalized spacial score (nSPS) is 15.4. The van der Waals surface area contributed by atoms with E-state index in [9.17, 15) is 9.59 Å². The molecule has 1 aliphatic rings. The molecule has 1 aromatic heterocycles. The number of carbonyl (C=O) groups is 1. The first-order chi connectivity index (χ1) is 17.8. The summed E-state index contributed by atoms with van der Waals surface area (Å²) in [6.07, 6.45) is 4.94. The molecular formula is C28H28Cl2N2O4S. The predicted molar refractivity (Wildman–Crippen MR) is 148 cm³/mol. The van der Waals surface area contributed by atoms with E-state index in [1.165, 1.54) is 11.3 Å². The average molecular weight is 560 g/mol. The van der Waals surface area contributed by atoms with E-state index in [4.69, 9.17) is 32.7 Å². The number of aromatic nitrogens is 1. The van der Waals surface area contributed by atoms with Crippen molar-refractivity contribution in [1.82, 2.24) is 4.57 Å². The van der Waals surface area contributed by atoms with E-state index in [2.05, 4.69) is 11.9 Å². The molecule has 2 aromatic carbocycles. The highest BCUT2D eigenvalue weighted by Gasteiger charge is 2.33. The monoisotopic (exact) mass is 558 g/mol. The van der Waals surface area contributed by atoms with Gasteiger partial charge in [0.05, 0.1) is 35.1 Å². The number of allylic oxidation sites excluding steroid dienone is 1. The summed E-state index contributed by atoms with van der Waals surface area (Å²) in [6, 6.07) is 11.9. The van der Waals surface area contributed by atoms with Crippen LogP contribution in [0, 0.1) is 0 Å². The lowest BCUT2D eigenvalue weighted by Gasteiger charge is -2.24. The third-order valence-electron chi connectivity index (χ3n) is 5.98. The van der Waals surface area contributed by atoms with E-state index in [0.717, 1.165) is 30.6 Å². The number of thiazole rings is 1. The van der Waals surface area contributed by atoms with E-state index in [1.807, 2.05) is 24.3 Å². The van der Waals surface area contributed by atoms with Crippen LogP contribution in [-0.2, 0) is 9.53 Å². The molecule has 1 atom stereocenters. The van der Waals surface area contributed by atoms with Gasteiger partial charge in [-0.05, 0) is 61.7 Å². The highest BCUT2D eigenvalue weighted by molar-refractivity contribution is 7.07. The van der Waals surface area contributed by atoms with Crippen molar-refractivity contribution in [2.24, 2.45) is 4.99 Å².